The van der Waals surface area contributed by atoms with Gasteiger partial charge in [-0.1, -0.05) is 12.1 Å². The molecule has 0 saturated carbocycles. The van der Waals surface area contributed by atoms with Crippen LogP contribution < -0.4 is 5.49 Å². The van der Waals surface area contributed by atoms with Gasteiger partial charge in [-0.2, -0.15) is 0 Å². The molecule has 0 saturated heterocycles. The summed E-state index contributed by atoms with van der Waals surface area (Å²) in [5, 5.41) is 7.19. The van der Waals surface area contributed by atoms with E-state index in [1.807, 2.05) is 0 Å². The summed E-state index contributed by atoms with van der Waals surface area (Å²) in [6, 6.07) is 7.93. The van der Waals surface area contributed by atoms with Crippen molar-refractivity contribution in [1.82, 2.24) is 9.55 Å². The Balaban J connectivity index is 2.55. The highest BCUT2D eigenvalue weighted by molar-refractivity contribution is 5.32. The van der Waals surface area contributed by atoms with Crippen LogP contribution in [0.2, 0.25) is 0 Å². The van der Waals surface area contributed by atoms with Crippen molar-refractivity contribution in [1.29, 1.82) is 5.41 Å². The molecule has 1 heterocycles. The Bertz CT molecular complexity index is 484. The minimum Gasteiger partial charge on any atom is -0.305 e. The Morgan fingerprint density at radius 1 is 1.21 bits per heavy atom. The second-order valence-electron chi connectivity index (χ2n) is 2.80. The molecule has 4 heteroatoms. The first-order chi connectivity index (χ1) is 6.77. The van der Waals surface area contributed by atoms with Crippen LogP contribution in [0.15, 0.2) is 42.9 Å². The SMILES string of the molecule is N=c1ccn(-c2ccccc2F)cn1. The second kappa shape index (κ2) is 3.41. The van der Waals surface area contributed by atoms with Crippen molar-refractivity contribution >= 4 is 0 Å². The summed E-state index contributed by atoms with van der Waals surface area (Å²) in [5.74, 6) is -0.308. The van der Waals surface area contributed by atoms with E-state index in [2.05, 4.69) is 4.98 Å². The predicted octanol–water partition coefficient (Wildman–Crippen LogP) is 1.49. The minimum absolute atomic E-state index is 0.164. The van der Waals surface area contributed by atoms with Crippen molar-refractivity contribution in [3.8, 4) is 5.69 Å². The summed E-state index contributed by atoms with van der Waals surface area (Å²) in [6.07, 6.45) is 3.02. The van der Waals surface area contributed by atoms with Gasteiger partial charge in [0.15, 0.2) is 0 Å². The predicted molar refractivity (Wildman–Crippen MR) is 49.4 cm³/mol. The number of halogens is 1. The van der Waals surface area contributed by atoms with Gasteiger partial charge in [-0.25, -0.2) is 9.37 Å². The lowest BCUT2D eigenvalue weighted by Crippen LogP contribution is -2.08. The zero-order chi connectivity index (χ0) is 9.97. The highest BCUT2D eigenvalue weighted by Gasteiger charge is 2.00. The molecule has 1 N–H and O–H groups in total. The zero-order valence-electron chi connectivity index (χ0n) is 7.31. The summed E-state index contributed by atoms with van der Waals surface area (Å²) in [6.45, 7) is 0. The Morgan fingerprint density at radius 3 is 2.64 bits per heavy atom. The molecule has 0 bridgehead atoms. The lowest BCUT2D eigenvalue weighted by molar-refractivity contribution is 0.616. The number of aromatic nitrogens is 2. The van der Waals surface area contributed by atoms with Crippen LogP contribution in [0.5, 0.6) is 0 Å². The average molecular weight is 189 g/mol. The summed E-state index contributed by atoms with van der Waals surface area (Å²) in [5.41, 5.74) is 0.595. The average Bonchev–Trinajstić information content (AvgIpc) is 2.20. The van der Waals surface area contributed by atoms with Crippen molar-refractivity contribution in [2.45, 2.75) is 0 Å². The lowest BCUT2D eigenvalue weighted by Gasteiger charge is -2.05. The van der Waals surface area contributed by atoms with Crippen LogP contribution in [-0.4, -0.2) is 9.55 Å². The molecule has 1 aromatic carbocycles. The molecule has 0 atom stereocenters. The standard InChI is InChI=1S/C10H8FN3/c11-8-3-1-2-4-9(8)14-6-5-10(12)13-7-14/h1-7,12H. The number of rotatable bonds is 1. The van der Waals surface area contributed by atoms with Crippen LogP contribution in [0.1, 0.15) is 0 Å². The molecule has 0 unspecified atom stereocenters. The molecular weight excluding hydrogens is 181 g/mol. The first-order valence-corrected chi connectivity index (χ1v) is 4.11. The lowest BCUT2D eigenvalue weighted by atomic mass is 10.3. The topological polar surface area (TPSA) is 41.7 Å². The van der Waals surface area contributed by atoms with Gasteiger partial charge in [-0.3, -0.25) is 5.41 Å². The van der Waals surface area contributed by atoms with E-state index in [1.54, 1.807) is 24.4 Å². The van der Waals surface area contributed by atoms with Crippen LogP contribution >= 0.6 is 0 Å². The molecule has 14 heavy (non-hydrogen) atoms. The quantitative estimate of drug-likeness (QED) is 0.725. The fraction of sp³-hybridized carbons (Fsp3) is 0. The number of nitrogens with zero attached hydrogens (tertiary/aromatic N) is 2. The minimum atomic E-state index is -0.308. The Morgan fingerprint density at radius 2 is 2.00 bits per heavy atom. The maximum Gasteiger partial charge on any atom is 0.147 e. The van der Waals surface area contributed by atoms with Gasteiger partial charge in [0.2, 0.25) is 0 Å². The maximum atomic E-state index is 13.3. The molecule has 0 amide bonds. The molecule has 0 radical (unpaired) electrons. The molecule has 0 aliphatic carbocycles. The van der Waals surface area contributed by atoms with Crippen LogP contribution in [-0.2, 0) is 0 Å². The van der Waals surface area contributed by atoms with Crippen molar-refractivity contribution in [3.63, 3.8) is 0 Å². The van der Waals surface area contributed by atoms with Gasteiger partial charge < -0.3 is 4.57 Å². The molecule has 1 aromatic heterocycles. The van der Waals surface area contributed by atoms with Crippen LogP contribution in [0.3, 0.4) is 0 Å². The van der Waals surface area contributed by atoms with Crippen molar-refractivity contribution in [3.05, 3.63) is 54.2 Å². The van der Waals surface area contributed by atoms with Gasteiger partial charge in [0.05, 0.1) is 5.69 Å². The van der Waals surface area contributed by atoms with Crippen LogP contribution in [0.25, 0.3) is 5.69 Å². The summed E-state index contributed by atoms with van der Waals surface area (Å²) < 4.78 is 14.8. The van der Waals surface area contributed by atoms with Gasteiger partial charge in [0, 0.05) is 6.20 Å². The third-order valence-corrected chi connectivity index (χ3v) is 1.84. The van der Waals surface area contributed by atoms with Crippen molar-refractivity contribution in [2.24, 2.45) is 0 Å². The van der Waals surface area contributed by atoms with Gasteiger partial charge in [0.25, 0.3) is 0 Å². The van der Waals surface area contributed by atoms with Crippen molar-refractivity contribution < 1.29 is 4.39 Å². The van der Waals surface area contributed by atoms with E-state index in [-0.39, 0.29) is 11.3 Å². The molecule has 3 nitrogen and oxygen atoms in total. The summed E-state index contributed by atoms with van der Waals surface area (Å²) in [4.78, 5) is 3.76. The normalized spacial score (nSPS) is 10.1. The number of para-hydroxylation sites is 1. The molecule has 0 fully saturated rings. The van der Waals surface area contributed by atoms with Gasteiger partial charge in [-0.15, -0.1) is 0 Å². The van der Waals surface area contributed by atoms with E-state index < -0.39 is 0 Å². The third kappa shape index (κ3) is 1.54. The Labute approximate surface area is 80.0 Å². The van der Waals surface area contributed by atoms with Crippen molar-refractivity contribution in [2.75, 3.05) is 0 Å². The maximum absolute atomic E-state index is 13.3. The molecule has 2 rings (SSSR count). The number of hydrogen-bond acceptors (Lipinski definition) is 2. The largest absolute Gasteiger partial charge is 0.305 e. The molecular formula is C10H8FN3. The number of nitrogens with one attached hydrogen (secondary N) is 1. The Kier molecular flexibility index (Phi) is 2.10. The number of benzene rings is 1. The van der Waals surface area contributed by atoms with Gasteiger partial charge in [0.1, 0.15) is 17.6 Å². The molecule has 2 aromatic rings. The molecule has 70 valence electrons. The van der Waals surface area contributed by atoms with E-state index in [4.69, 9.17) is 5.41 Å². The third-order valence-electron chi connectivity index (χ3n) is 1.84. The zero-order valence-corrected chi connectivity index (χ0v) is 7.31. The molecule has 0 spiro atoms. The van der Waals surface area contributed by atoms with E-state index in [1.165, 1.54) is 23.0 Å². The first kappa shape index (κ1) is 8.62. The van der Waals surface area contributed by atoms with E-state index >= 15 is 0 Å². The molecule has 0 aliphatic heterocycles. The summed E-state index contributed by atoms with van der Waals surface area (Å²) >= 11 is 0. The fourth-order valence-corrected chi connectivity index (χ4v) is 1.16. The fourth-order valence-electron chi connectivity index (χ4n) is 1.16. The molecule has 0 aliphatic rings. The van der Waals surface area contributed by atoms with E-state index in [0.29, 0.717) is 5.69 Å². The highest BCUT2D eigenvalue weighted by Crippen LogP contribution is 2.10. The monoisotopic (exact) mass is 189 g/mol. The van der Waals surface area contributed by atoms with Gasteiger partial charge >= 0.3 is 0 Å². The van der Waals surface area contributed by atoms with E-state index in [0.717, 1.165) is 0 Å². The van der Waals surface area contributed by atoms with Gasteiger partial charge in [-0.05, 0) is 18.2 Å². The second-order valence-corrected chi connectivity index (χ2v) is 2.80. The summed E-state index contributed by atoms with van der Waals surface area (Å²) in [7, 11) is 0. The Hall–Kier alpha value is -1.97. The van der Waals surface area contributed by atoms with Crippen LogP contribution in [0, 0.1) is 11.2 Å². The first-order valence-electron chi connectivity index (χ1n) is 4.11. The number of hydrogen-bond donors (Lipinski definition) is 1. The smallest absolute Gasteiger partial charge is 0.147 e. The highest BCUT2D eigenvalue weighted by atomic mass is 19.1. The van der Waals surface area contributed by atoms with Crippen LogP contribution in [0.4, 0.5) is 4.39 Å². The van der Waals surface area contributed by atoms with E-state index in [9.17, 15) is 4.39 Å².